The summed E-state index contributed by atoms with van der Waals surface area (Å²) in [6.45, 7) is 7.71. The Bertz CT molecular complexity index is 1040. The number of benzene rings is 2. The van der Waals surface area contributed by atoms with Crippen molar-refractivity contribution in [2.45, 2.75) is 52.0 Å². The van der Waals surface area contributed by atoms with Gasteiger partial charge in [-0.05, 0) is 31.9 Å². The van der Waals surface area contributed by atoms with Crippen molar-refractivity contribution < 1.29 is 19.0 Å². The van der Waals surface area contributed by atoms with Gasteiger partial charge in [-0.2, -0.15) is 4.98 Å². The van der Waals surface area contributed by atoms with Gasteiger partial charge in [0.15, 0.2) is 0 Å². The summed E-state index contributed by atoms with van der Waals surface area (Å²) in [6, 6.07) is 23.8. The lowest BCUT2D eigenvalue weighted by Gasteiger charge is -2.24. The highest BCUT2D eigenvalue weighted by Crippen LogP contribution is 2.26. The Balaban J connectivity index is 1.44. The number of carbonyl (C=O) groups is 1. The third-order valence-electron chi connectivity index (χ3n) is 5.42. The summed E-state index contributed by atoms with van der Waals surface area (Å²) >= 11 is 0. The van der Waals surface area contributed by atoms with Crippen molar-refractivity contribution in [1.82, 2.24) is 9.88 Å². The third kappa shape index (κ3) is 7.64. The molecule has 1 amide bonds. The van der Waals surface area contributed by atoms with Gasteiger partial charge in [0.25, 0.3) is 0 Å². The van der Waals surface area contributed by atoms with Crippen LogP contribution in [0.3, 0.4) is 0 Å². The predicted molar refractivity (Wildman–Crippen MR) is 136 cm³/mol. The van der Waals surface area contributed by atoms with E-state index in [0.29, 0.717) is 50.1 Å². The van der Waals surface area contributed by atoms with Crippen molar-refractivity contribution in [1.29, 1.82) is 0 Å². The van der Waals surface area contributed by atoms with Gasteiger partial charge in [0.1, 0.15) is 29.9 Å². The number of anilines is 1. The highest BCUT2D eigenvalue weighted by molar-refractivity contribution is 5.68. The van der Waals surface area contributed by atoms with E-state index in [1.54, 1.807) is 11.0 Å². The summed E-state index contributed by atoms with van der Waals surface area (Å²) in [5.41, 5.74) is 1.70. The Morgan fingerprint density at radius 3 is 2.40 bits per heavy atom. The van der Waals surface area contributed by atoms with Crippen LogP contribution in [0.25, 0.3) is 0 Å². The number of hydrogen-bond acceptors (Lipinski definition) is 6. The van der Waals surface area contributed by atoms with Crippen LogP contribution in [-0.2, 0) is 17.9 Å². The molecule has 0 aliphatic carbocycles. The highest BCUT2D eigenvalue weighted by atomic mass is 16.6. The van der Waals surface area contributed by atoms with Crippen molar-refractivity contribution in [3.05, 3.63) is 83.9 Å². The molecule has 35 heavy (non-hydrogen) atoms. The van der Waals surface area contributed by atoms with Crippen molar-refractivity contribution in [3.63, 3.8) is 0 Å². The number of amides is 1. The second kappa shape index (κ2) is 11.1. The van der Waals surface area contributed by atoms with E-state index < -0.39 is 5.60 Å². The zero-order valence-electron chi connectivity index (χ0n) is 20.6. The third-order valence-corrected chi connectivity index (χ3v) is 5.42. The van der Waals surface area contributed by atoms with E-state index in [2.05, 4.69) is 22.4 Å². The zero-order valence-corrected chi connectivity index (χ0v) is 20.6. The molecule has 1 aromatic heterocycles. The van der Waals surface area contributed by atoms with Crippen LogP contribution in [-0.4, -0.2) is 40.8 Å². The second-order valence-corrected chi connectivity index (χ2v) is 9.59. The van der Waals surface area contributed by atoms with Crippen LogP contribution in [0.2, 0.25) is 0 Å². The van der Waals surface area contributed by atoms with Gasteiger partial charge in [0.05, 0.1) is 6.54 Å². The molecule has 1 fully saturated rings. The summed E-state index contributed by atoms with van der Waals surface area (Å²) in [7, 11) is 0. The maximum atomic E-state index is 12.4. The number of likely N-dealkylation sites (tertiary alicyclic amines) is 1. The molecular formula is C28H33N3O4. The molecule has 2 aromatic carbocycles. The molecule has 0 bridgehead atoms. The molecule has 3 aromatic rings. The van der Waals surface area contributed by atoms with E-state index in [9.17, 15) is 4.79 Å². The number of rotatable bonds is 8. The molecule has 0 radical (unpaired) electrons. The van der Waals surface area contributed by atoms with Crippen LogP contribution in [0, 0.1) is 0 Å². The first kappa shape index (κ1) is 24.4. The maximum absolute atomic E-state index is 12.4. The van der Waals surface area contributed by atoms with E-state index in [0.717, 1.165) is 11.1 Å². The monoisotopic (exact) mass is 475 g/mol. The number of nitrogens with one attached hydrogen (secondary N) is 1. The summed E-state index contributed by atoms with van der Waals surface area (Å²) < 4.78 is 17.7. The Hall–Kier alpha value is -3.74. The zero-order chi connectivity index (χ0) is 24.7. The number of nitrogens with zero attached hydrogens (tertiary/aromatic N) is 2. The molecule has 1 N–H and O–H groups in total. The SMILES string of the molecule is CC(C)(C)OC(=O)N1CC[C@H](Oc2cc(OCc3ccccc3)cc(NCc3ccccc3)n2)C1. The number of pyridine rings is 1. The highest BCUT2D eigenvalue weighted by Gasteiger charge is 2.31. The minimum absolute atomic E-state index is 0.165. The minimum atomic E-state index is -0.526. The lowest BCUT2D eigenvalue weighted by atomic mass is 10.2. The van der Waals surface area contributed by atoms with E-state index in [-0.39, 0.29) is 12.2 Å². The van der Waals surface area contributed by atoms with Crippen LogP contribution < -0.4 is 14.8 Å². The minimum Gasteiger partial charge on any atom is -0.489 e. The van der Waals surface area contributed by atoms with E-state index in [1.165, 1.54) is 0 Å². The molecule has 1 aliphatic rings. The van der Waals surface area contributed by atoms with Crippen molar-refractivity contribution >= 4 is 11.9 Å². The van der Waals surface area contributed by atoms with Gasteiger partial charge in [0.2, 0.25) is 5.88 Å². The van der Waals surface area contributed by atoms with E-state index in [1.807, 2.05) is 75.4 Å². The average molecular weight is 476 g/mol. The Labute approximate surface area is 207 Å². The van der Waals surface area contributed by atoms with Crippen LogP contribution >= 0.6 is 0 Å². The summed E-state index contributed by atoms with van der Waals surface area (Å²) in [6.07, 6.45) is 0.228. The molecule has 1 saturated heterocycles. The molecule has 7 heteroatoms. The maximum Gasteiger partial charge on any atom is 0.410 e. The molecule has 0 spiro atoms. The number of aromatic nitrogens is 1. The molecular weight excluding hydrogens is 442 g/mol. The number of hydrogen-bond donors (Lipinski definition) is 1. The standard InChI is InChI=1S/C28H33N3O4/c1-28(2,3)35-27(32)31-15-14-23(19-31)34-26-17-24(33-20-22-12-8-5-9-13-22)16-25(30-26)29-18-21-10-6-4-7-11-21/h4-13,16-17,23H,14-15,18-20H2,1-3H3,(H,29,30)/t23-/m0/s1. The smallest absolute Gasteiger partial charge is 0.410 e. The Morgan fingerprint density at radius 2 is 1.71 bits per heavy atom. The molecule has 2 heterocycles. The van der Waals surface area contributed by atoms with Gasteiger partial charge >= 0.3 is 6.09 Å². The molecule has 184 valence electrons. The molecule has 7 nitrogen and oxygen atoms in total. The number of ether oxygens (including phenoxy) is 3. The van der Waals surface area contributed by atoms with Crippen LogP contribution in [0.1, 0.15) is 38.3 Å². The van der Waals surface area contributed by atoms with Gasteiger partial charge in [0, 0.05) is 31.6 Å². The molecule has 1 atom stereocenters. The van der Waals surface area contributed by atoms with E-state index >= 15 is 0 Å². The number of carbonyl (C=O) groups excluding carboxylic acids is 1. The first-order chi connectivity index (χ1) is 16.8. The van der Waals surface area contributed by atoms with Crippen LogP contribution in [0.4, 0.5) is 10.6 Å². The van der Waals surface area contributed by atoms with Crippen molar-refractivity contribution in [2.75, 3.05) is 18.4 Å². The summed E-state index contributed by atoms with van der Waals surface area (Å²) in [5, 5.41) is 3.36. The van der Waals surface area contributed by atoms with Gasteiger partial charge in [-0.1, -0.05) is 60.7 Å². The Kier molecular flexibility index (Phi) is 7.75. The predicted octanol–water partition coefficient (Wildman–Crippen LogP) is 5.66. The molecule has 1 aliphatic heterocycles. The van der Waals surface area contributed by atoms with Crippen molar-refractivity contribution in [3.8, 4) is 11.6 Å². The topological polar surface area (TPSA) is 72.9 Å². The summed E-state index contributed by atoms with van der Waals surface area (Å²) in [4.78, 5) is 18.7. The van der Waals surface area contributed by atoms with E-state index in [4.69, 9.17) is 14.2 Å². The van der Waals surface area contributed by atoms with Gasteiger partial charge in [-0.25, -0.2) is 4.79 Å². The quantitative estimate of drug-likeness (QED) is 0.453. The summed E-state index contributed by atoms with van der Waals surface area (Å²) in [5.74, 6) is 1.79. The largest absolute Gasteiger partial charge is 0.489 e. The fourth-order valence-electron chi connectivity index (χ4n) is 3.73. The normalized spacial score (nSPS) is 15.5. The fourth-order valence-corrected chi connectivity index (χ4v) is 3.73. The lowest BCUT2D eigenvalue weighted by Crippen LogP contribution is -2.36. The van der Waals surface area contributed by atoms with Gasteiger partial charge in [-0.3, -0.25) is 0 Å². The van der Waals surface area contributed by atoms with Crippen LogP contribution in [0.15, 0.2) is 72.8 Å². The van der Waals surface area contributed by atoms with Crippen molar-refractivity contribution in [2.24, 2.45) is 0 Å². The molecule has 0 saturated carbocycles. The van der Waals surface area contributed by atoms with Gasteiger partial charge < -0.3 is 24.4 Å². The van der Waals surface area contributed by atoms with Crippen LogP contribution in [0.5, 0.6) is 11.6 Å². The average Bonchev–Trinajstić information content (AvgIpc) is 3.30. The fraction of sp³-hybridized carbons (Fsp3) is 0.357. The lowest BCUT2D eigenvalue weighted by molar-refractivity contribution is 0.0275. The first-order valence-corrected chi connectivity index (χ1v) is 12.0. The first-order valence-electron chi connectivity index (χ1n) is 12.0. The Morgan fingerprint density at radius 1 is 1.03 bits per heavy atom. The molecule has 0 unspecified atom stereocenters. The molecule has 4 rings (SSSR count). The second-order valence-electron chi connectivity index (χ2n) is 9.59. The van der Waals surface area contributed by atoms with Gasteiger partial charge in [-0.15, -0.1) is 0 Å².